The topological polar surface area (TPSA) is 91.1 Å². The molecule has 0 bridgehead atoms. The summed E-state index contributed by atoms with van der Waals surface area (Å²) in [7, 11) is 0. The number of hydrogen-bond acceptors (Lipinski definition) is 4. The third-order valence-corrected chi connectivity index (χ3v) is 6.17. The van der Waals surface area contributed by atoms with E-state index in [0.29, 0.717) is 11.6 Å². The van der Waals surface area contributed by atoms with Crippen molar-refractivity contribution in [2.45, 2.75) is 31.8 Å². The molecule has 0 radical (unpaired) electrons. The third kappa shape index (κ3) is 4.68. The van der Waals surface area contributed by atoms with Crippen LogP contribution in [0.1, 0.15) is 35.8 Å². The lowest BCUT2D eigenvalue weighted by Crippen LogP contribution is -3.13. The van der Waals surface area contributed by atoms with Gasteiger partial charge in [0.05, 0.1) is 13.1 Å². The van der Waals surface area contributed by atoms with Crippen LogP contribution in [0.3, 0.4) is 0 Å². The number of carbonyl (C=O) groups excluding carboxylic acids is 1. The van der Waals surface area contributed by atoms with Gasteiger partial charge in [-0.25, -0.2) is 4.68 Å². The molecule has 1 aliphatic rings. The highest BCUT2D eigenvalue weighted by Crippen LogP contribution is 2.21. The van der Waals surface area contributed by atoms with Crippen molar-refractivity contribution in [3.63, 3.8) is 0 Å². The molecule has 1 fully saturated rings. The molecule has 30 heavy (non-hydrogen) atoms. The Morgan fingerprint density at radius 3 is 2.50 bits per heavy atom. The fraction of sp³-hybridized carbons (Fsp3) is 0.364. The van der Waals surface area contributed by atoms with Crippen molar-refractivity contribution in [2.75, 3.05) is 13.1 Å². The van der Waals surface area contributed by atoms with Crippen LogP contribution in [0.5, 0.6) is 0 Å². The number of aromatic nitrogens is 4. The average Bonchev–Trinajstić information content (AvgIpc) is 3.23. The number of benzene rings is 2. The summed E-state index contributed by atoms with van der Waals surface area (Å²) in [6.07, 6.45) is 2.41. The Morgan fingerprint density at radius 1 is 1.13 bits per heavy atom. The highest BCUT2D eigenvalue weighted by molar-refractivity contribution is 6.30. The maximum atomic E-state index is 11.6. The lowest BCUT2D eigenvalue weighted by Gasteiger charge is -2.33. The summed E-state index contributed by atoms with van der Waals surface area (Å²) in [4.78, 5) is 12.9. The van der Waals surface area contributed by atoms with E-state index >= 15 is 0 Å². The second kappa shape index (κ2) is 9.36. The van der Waals surface area contributed by atoms with Crippen molar-refractivity contribution in [3.8, 4) is 0 Å². The number of nitrogens with two attached hydrogens (primary N) is 1. The quantitative estimate of drug-likeness (QED) is 0.599. The minimum atomic E-state index is -0.204. The molecule has 8 heteroatoms. The average molecular weight is 426 g/mol. The Labute approximate surface area is 180 Å². The van der Waals surface area contributed by atoms with E-state index in [1.807, 2.05) is 47.1 Å². The van der Waals surface area contributed by atoms with Crippen LogP contribution in [0.4, 0.5) is 0 Å². The van der Waals surface area contributed by atoms with Gasteiger partial charge in [0.1, 0.15) is 0 Å². The first-order chi connectivity index (χ1) is 14.6. The normalized spacial score (nSPS) is 20.0. The van der Waals surface area contributed by atoms with Gasteiger partial charge in [0.2, 0.25) is 11.7 Å². The van der Waals surface area contributed by atoms with Crippen LogP contribution in [-0.4, -0.2) is 39.2 Å². The molecule has 1 amide bonds. The number of halogens is 1. The monoisotopic (exact) mass is 425 g/mol. The van der Waals surface area contributed by atoms with E-state index in [-0.39, 0.29) is 17.9 Å². The summed E-state index contributed by atoms with van der Waals surface area (Å²) in [5.41, 5.74) is 7.89. The molecular weight excluding hydrogens is 400 g/mol. The number of nitrogens with zero attached hydrogens (tertiary/aromatic N) is 4. The molecule has 0 aliphatic carbocycles. The van der Waals surface area contributed by atoms with Gasteiger partial charge in [0, 0.05) is 35.9 Å². The van der Waals surface area contributed by atoms with Crippen LogP contribution in [0.25, 0.3) is 0 Å². The van der Waals surface area contributed by atoms with E-state index in [1.54, 1.807) is 0 Å². The first kappa shape index (κ1) is 20.5. The van der Waals surface area contributed by atoms with Gasteiger partial charge >= 0.3 is 0 Å². The number of piperidine rings is 1. The van der Waals surface area contributed by atoms with Gasteiger partial charge in [-0.2, -0.15) is 0 Å². The zero-order valence-corrected chi connectivity index (χ0v) is 17.5. The van der Waals surface area contributed by atoms with Gasteiger partial charge in [-0.05, 0) is 34.5 Å². The minimum absolute atomic E-state index is 0.0260. The number of rotatable bonds is 7. The predicted octanol–water partition coefficient (Wildman–Crippen LogP) is 1.44. The van der Waals surface area contributed by atoms with Crippen LogP contribution in [-0.2, 0) is 17.8 Å². The van der Waals surface area contributed by atoms with Crippen LogP contribution in [0.2, 0.25) is 5.02 Å². The fourth-order valence-electron chi connectivity index (χ4n) is 4.24. The molecule has 1 aromatic heterocycles. The number of carbonyl (C=O) groups is 1. The Hall–Kier alpha value is -2.77. The SMILES string of the molecule is NC(=O)C1CC[NH+]([C@H](c2ccc(Cl)cc2)c2nnnn2CCc2ccccc2)CC1. The number of primary amides is 1. The van der Waals surface area contributed by atoms with Crippen molar-refractivity contribution < 1.29 is 9.69 Å². The van der Waals surface area contributed by atoms with Gasteiger partial charge in [0.15, 0.2) is 6.04 Å². The molecule has 0 saturated carbocycles. The second-order valence-electron chi connectivity index (χ2n) is 7.82. The summed E-state index contributed by atoms with van der Waals surface area (Å²) in [5, 5.41) is 13.4. The molecule has 2 aromatic carbocycles. The minimum Gasteiger partial charge on any atom is -0.369 e. The fourth-order valence-corrected chi connectivity index (χ4v) is 4.37. The summed E-state index contributed by atoms with van der Waals surface area (Å²) in [6.45, 7) is 2.38. The summed E-state index contributed by atoms with van der Waals surface area (Å²) in [5.74, 6) is 0.583. The van der Waals surface area contributed by atoms with Crippen molar-refractivity contribution in [3.05, 3.63) is 76.6 Å². The van der Waals surface area contributed by atoms with E-state index in [4.69, 9.17) is 17.3 Å². The molecule has 3 N–H and O–H groups in total. The van der Waals surface area contributed by atoms with E-state index in [9.17, 15) is 4.79 Å². The third-order valence-electron chi connectivity index (χ3n) is 5.91. The molecule has 1 aliphatic heterocycles. The maximum absolute atomic E-state index is 11.6. The van der Waals surface area contributed by atoms with Gasteiger partial charge in [0.25, 0.3) is 0 Å². The lowest BCUT2D eigenvalue weighted by molar-refractivity contribution is -0.931. The van der Waals surface area contributed by atoms with Crippen LogP contribution < -0.4 is 10.6 Å². The number of likely N-dealkylation sites (tertiary alicyclic amines) is 1. The Morgan fingerprint density at radius 2 is 1.83 bits per heavy atom. The van der Waals surface area contributed by atoms with Crippen molar-refractivity contribution in [1.29, 1.82) is 0 Å². The Balaban J connectivity index is 1.60. The van der Waals surface area contributed by atoms with Gasteiger partial charge in [-0.1, -0.05) is 54.1 Å². The van der Waals surface area contributed by atoms with E-state index < -0.39 is 0 Å². The van der Waals surface area contributed by atoms with E-state index in [2.05, 4.69) is 27.7 Å². The second-order valence-corrected chi connectivity index (χ2v) is 8.25. The highest BCUT2D eigenvalue weighted by atomic mass is 35.5. The number of nitrogens with one attached hydrogen (secondary N) is 1. The standard InChI is InChI=1S/C22H25ClN6O/c23-19-8-6-17(7-9-19)20(28-13-11-18(12-14-28)21(24)30)22-25-26-27-29(22)15-10-16-4-2-1-3-5-16/h1-9,18,20H,10-15H2,(H2,24,30)/p+1/t20-/m1/s1. The predicted molar refractivity (Wildman–Crippen MR) is 114 cm³/mol. The van der Waals surface area contributed by atoms with Crippen molar-refractivity contribution in [2.24, 2.45) is 11.7 Å². The molecule has 0 unspecified atom stereocenters. The van der Waals surface area contributed by atoms with E-state index in [0.717, 1.165) is 43.7 Å². The van der Waals surface area contributed by atoms with Crippen LogP contribution in [0.15, 0.2) is 54.6 Å². The van der Waals surface area contributed by atoms with Gasteiger partial charge < -0.3 is 10.6 Å². The smallest absolute Gasteiger partial charge is 0.220 e. The van der Waals surface area contributed by atoms with Crippen molar-refractivity contribution >= 4 is 17.5 Å². The largest absolute Gasteiger partial charge is 0.369 e. The Kier molecular flexibility index (Phi) is 6.40. The molecular formula is C22H26ClN6O+. The molecule has 156 valence electrons. The zero-order valence-electron chi connectivity index (χ0n) is 16.7. The number of quaternary nitrogens is 1. The van der Waals surface area contributed by atoms with Crippen LogP contribution >= 0.6 is 11.6 Å². The molecule has 1 saturated heterocycles. The maximum Gasteiger partial charge on any atom is 0.220 e. The molecule has 1 atom stereocenters. The molecule has 7 nitrogen and oxygen atoms in total. The van der Waals surface area contributed by atoms with Gasteiger partial charge in [-0.15, -0.1) is 5.10 Å². The summed E-state index contributed by atoms with van der Waals surface area (Å²) >= 11 is 6.13. The Bertz CT molecular complexity index is 967. The first-order valence-corrected chi connectivity index (χ1v) is 10.7. The lowest BCUT2D eigenvalue weighted by atomic mass is 9.93. The zero-order chi connectivity index (χ0) is 20.9. The summed E-state index contributed by atoms with van der Waals surface area (Å²) in [6, 6.07) is 18.2. The number of hydrogen-bond donors (Lipinski definition) is 2. The highest BCUT2D eigenvalue weighted by Gasteiger charge is 2.35. The number of aryl methyl sites for hydroxylation is 2. The van der Waals surface area contributed by atoms with E-state index in [1.165, 1.54) is 10.5 Å². The number of amides is 1. The summed E-state index contributed by atoms with van der Waals surface area (Å²) < 4.78 is 1.90. The van der Waals surface area contributed by atoms with Gasteiger partial charge in [-0.3, -0.25) is 4.79 Å². The first-order valence-electron chi connectivity index (χ1n) is 10.3. The molecule has 3 aromatic rings. The molecule has 4 rings (SSSR count). The molecule has 2 heterocycles. The molecule has 0 spiro atoms. The number of tetrazole rings is 1. The van der Waals surface area contributed by atoms with Crippen molar-refractivity contribution in [1.82, 2.24) is 20.2 Å². The van der Waals surface area contributed by atoms with Crippen LogP contribution in [0, 0.1) is 5.92 Å².